The quantitative estimate of drug-likeness (QED) is 0.271. The molecule has 0 radical (unpaired) electrons. The Bertz CT molecular complexity index is 807. The van der Waals surface area contributed by atoms with Crippen molar-refractivity contribution in [3.63, 3.8) is 0 Å². The van der Waals surface area contributed by atoms with Crippen LogP contribution in [0.5, 0.6) is 11.5 Å². The van der Waals surface area contributed by atoms with E-state index in [2.05, 4.69) is 5.32 Å². The highest BCUT2D eigenvalue weighted by Crippen LogP contribution is 2.39. The SMILES string of the molecule is CCC(C)NC(=O)OC(C)c1cc(OC)c(O/C(C)=C(\C)OC(C)CC)cc1[N+](=O)[O-]. The van der Waals surface area contributed by atoms with E-state index in [-0.39, 0.29) is 34.9 Å². The number of ether oxygens (including phenoxy) is 4. The minimum atomic E-state index is -0.875. The highest BCUT2D eigenvalue weighted by atomic mass is 16.6. The van der Waals surface area contributed by atoms with Crippen molar-refractivity contribution in [3.05, 3.63) is 39.3 Å². The molecular formula is C22H34N2O7. The first-order chi connectivity index (χ1) is 14.5. The predicted molar refractivity (Wildman–Crippen MR) is 117 cm³/mol. The van der Waals surface area contributed by atoms with E-state index < -0.39 is 17.1 Å². The van der Waals surface area contributed by atoms with Crippen LogP contribution in [0, 0.1) is 10.1 Å². The third-order valence-electron chi connectivity index (χ3n) is 4.92. The van der Waals surface area contributed by atoms with Gasteiger partial charge in [-0.2, -0.15) is 0 Å². The Morgan fingerprint density at radius 1 is 1.06 bits per heavy atom. The molecule has 0 spiro atoms. The molecule has 1 aromatic carbocycles. The van der Waals surface area contributed by atoms with Crippen LogP contribution in [-0.4, -0.2) is 30.3 Å². The summed E-state index contributed by atoms with van der Waals surface area (Å²) in [7, 11) is 1.43. The number of rotatable bonds is 11. The summed E-state index contributed by atoms with van der Waals surface area (Å²) in [6.07, 6.45) is 0.0518. The van der Waals surface area contributed by atoms with Crippen molar-refractivity contribution >= 4 is 11.8 Å². The molecule has 9 nitrogen and oxygen atoms in total. The summed E-state index contributed by atoms with van der Waals surface area (Å²) in [5, 5.41) is 14.4. The lowest BCUT2D eigenvalue weighted by molar-refractivity contribution is -0.386. The van der Waals surface area contributed by atoms with Crippen molar-refractivity contribution in [1.82, 2.24) is 5.32 Å². The van der Waals surface area contributed by atoms with Gasteiger partial charge in [-0.05, 0) is 53.5 Å². The Hall–Kier alpha value is -2.97. The number of alkyl carbamates (subject to hydrolysis) is 1. The molecule has 1 amide bonds. The molecule has 3 unspecified atom stereocenters. The molecular weight excluding hydrogens is 404 g/mol. The number of hydrogen-bond donors (Lipinski definition) is 1. The van der Waals surface area contributed by atoms with Crippen molar-refractivity contribution in [1.29, 1.82) is 0 Å². The lowest BCUT2D eigenvalue weighted by atomic mass is 10.1. The van der Waals surface area contributed by atoms with Crippen molar-refractivity contribution in [2.24, 2.45) is 0 Å². The molecule has 31 heavy (non-hydrogen) atoms. The summed E-state index contributed by atoms with van der Waals surface area (Å²) >= 11 is 0. The van der Waals surface area contributed by atoms with E-state index in [1.807, 2.05) is 27.7 Å². The van der Waals surface area contributed by atoms with Gasteiger partial charge in [-0.1, -0.05) is 13.8 Å². The number of nitro groups is 1. The Kier molecular flexibility index (Phi) is 10.1. The second kappa shape index (κ2) is 12.0. The summed E-state index contributed by atoms with van der Waals surface area (Å²) in [6, 6.07) is 2.64. The molecule has 0 aliphatic carbocycles. The number of allylic oxidation sites excluding steroid dienone is 2. The van der Waals surface area contributed by atoms with E-state index in [0.29, 0.717) is 11.5 Å². The third-order valence-corrected chi connectivity index (χ3v) is 4.92. The van der Waals surface area contributed by atoms with E-state index in [1.165, 1.54) is 19.2 Å². The number of nitrogens with one attached hydrogen (secondary N) is 1. The molecule has 0 aromatic heterocycles. The van der Waals surface area contributed by atoms with Crippen molar-refractivity contribution in [2.75, 3.05) is 7.11 Å². The van der Waals surface area contributed by atoms with Gasteiger partial charge in [-0.15, -0.1) is 0 Å². The van der Waals surface area contributed by atoms with Gasteiger partial charge in [0.2, 0.25) is 0 Å². The number of nitro benzene ring substituents is 1. The summed E-state index contributed by atoms with van der Waals surface area (Å²) in [5.74, 6) is 1.47. The third kappa shape index (κ3) is 7.66. The molecule has 0 saturated carbocycles. The van der Waals surface area contributed by atoms with Crippen LogP contribution in [0.3, 0.4) is 0 Å². The summed E-state index contributed by atoms with van der Waals surface area (Å²) in [5.41, 5.74) is -0.0457. The molecule has 0 aliphatic rings. The van der Waals surface area contributed by atoms with Crippen LogP contribution < -0.4 is 14.8 Å². The maximum atomic E-state index is 12.1. The van der Waals surface area contributed by atoms with Crippen molar-refractivity contribution in [2.45, 2.75) is 79.6 Å². The van der Waals surface area contributed by atoms with Crippen LogP contribution in [0.1, 0.15) is 73.0 Å². The Morgan fingerprint density at radius 2 is 1.71 bits per heavy atom. The number of hydrogen-bond acceptors (Lipinski definition) is 7. The van der Waals surface area contributed by atoms with E-state index in [4.69, 9.17) is 18.9 Å². The van der Waals surface area contributed by atoms with Gasteiger partial charge in [-0.3, -0.25) is 10.1 Å². The molecule has 1 N–H and O–H groups in total. The van der Waals surface area contributed by atoms with Gasteiger partial charge in [0.05, 0.1) is 29.8 Å². The second-order valence-corrected chi connectivity index (χ2v) is 7.37. The van der Waals surface area contributed by atoms with Gasteiger partial charge in [0, 0.05) is 6.04 Å². The van der Waals surface area contributed by atoms with Gasteiger partial charge >= 0.3 is 6.09 Å². The predicted octanol–water partition coefficient (Wildman–Crippen LogP) is 5.63. The summed E-state index contributed by atoms with van der Waals surface area (Å²) in [4.78, 5) is 23.2. The fourth-order valence-electron chi connectivity index (χ4n) is 2.55. The highest BCUT2D eigenvalue weighted by Gasteiger charge is 2.26. The topological polar surface area (TPSA) is 109 Å². The first-order valence-electron chi connectivity index (χ1n) is 10.4. The summed E-state index contributed by atoms with van der Waals surface area (Å²) < 4.78 is 22.3. The minimum Gasteiger partial charge on any atom is -0.493 e. The number of amides is 1. The average Bonchev–Trinajstić information content (AvgIpc) is 2.72. The highest BCUT2D eigenvalue weighted by molar-refractivity contribution is 5.68. The van der Waals surface area contributed by atoms with Crippen LogP contribution in [0.25, 0.3) is 0 Å². The van der Waals surface area contributed by atoms with E-state index in [1.54, 1.807) is 20.8 Å². The van der Waals surface area contributed by atoms with Gasteiger partial charge < -0.3 is 24.3 Å². The van der Waals surface area contributed by atoms with Gasteiger partial charge in [0.15, 0.2) is 11.5 Å². The van der Waals surface area contributed by atoms with E-state index >= 15 is 0 Å². The number of benzene rings is 1. The normalized spacial score (nSPS) is 14.6. The van der Waals surface area contributed by atoms with E-state index in [9.17, 15) is 14.9 Å². The zero-order valence-electron chi connectivity index (χ0n) is 19.6. The van der Waals surface area contributed by atoms with E-state index in [0.717, 1.165) is 12.8 Å². The molecule has 0 aliphatic heterocycles. The maximum absolute atomic E-state index is 12.1. The van der Waals surface area contributed by atoms with Crippen LogP contribution in [0.15, 0.2) is 23.7 Å². The van der Waals surface area contributed by atoms with Crippen molar-refractivity contribution < 1.29 is 28.7 Å². The molecule has 9 heteroatoms. The van der Waals surface area contributed by atoms with Gasteiger partial charge in [-0.25, -0.2) is 4.79 Å². The Morgan fingerprint density at radius 3 is 2.23 bits per heavy atom. The molecule has 0 fully saturated rings. The maximum Gasteiger partial charge on any atom is 0.407 e. The first kappa shape index (κ1) is 26.1. The van der Waals surface area contributed by atoms with Crippen molar-refractivity contribution in [3.8, 4) is 11.5 Å². The number of methoxy groups -OCH3 is 1. The first-order valence-corrected chi connectivity index (χ1v) is 10.4. The van der Waals surface area contributed by atoms with Gasteiger partial charge in [0.1, 0.15) is 17.6 Å². The zero-order chi connectivity index (χ0) is 23.7. The molecule has 1 rings (SSSR count). The number of nitrogens with zero attached hydrogens (tertiary/aromatic N) is 1. The molecule has 0 bridgehead atoms. The fraction of sp³-hybridized carbons (Fsp3) is 0.591. The van der Waals surface area contributed by atoms with Crippen LogP contribution >= 0.6 is 0 Å². The van der Waals surface area contributed by atoms with Crippen LogP contribution in [0.2, 0.25) is 0 Å². The Labute approximate surface area is 183 Å². The summed E-state index contributed by atoms with van der Waals surface area (Å²) in [6.45, 7) is 12.8. The molecule has 174 valence electrons. The molecule has 3 atom stereocenters. The number of carbonyl (C=O) groups is 1. The lowest BCUT2D eigenvalue weighted by Gasteiger charge is -2.19. The lowest BCUT2D eigenvalue weighted by Crippen LogP contribution is -2.33. The zero-order valence-corrected chi connectivity index (χ0v) is 19.6. The largest absolute Gasteiger partial charge is 0.493 e. The minimum absolute atomic E-state index is 0.0109. The standard InChI is InChI=1S/C22H34N2O7/c1-9-13(3)23-22(25)31-17(7)18-11-20(28-8)21(12-19(18)24(26)27)30-16(6)15(5)29-14(4)10-2/h11-14,17H,9-10H2,1-8H3,(H,23,25)/b16-15+. The fourth-order valence-corrected chi connectivity index (χ4v) is 2.55. The smallest absolute Gasteiger partial charge is 0.407 e. The Balaban J connectivity index is 3.24. The average molecular weight is 439 g/mol. The van der Waals surface area contributed by atoms with Gasteiger partial charge in [0.25, 0.3) is 5.69 Å². The molecule has 1 aromatic rings. The second-order valence-electron chi connectivity index (χ2n) is 7.37. The van der Waals surface area contributed by atoms with Crippen LogP contribution in [0.4, 0.5) is 10.5 Å². The monoisotopic (exact) mass is 438 g/mol. The number of carbonyl (C=O) groups excluding carboxylic acids is 1. The molecule has 0 heterocycles. The molecule has 0 saturated heterocycles. The van der Waals surface area contributed by atoms with Crippen LogP contribution in [-0.2, 0) is 9.47 Å².